The molecule has 5 heteroatoms. The van der Waals surface area contributed by atoms with E-state index in [2.05, 4.69) is 33.5 Å². The SMILES string of the molecule is CCCNCc1cccnc1N1CCC(NC(C)=O)C1. The number of rotatable bonds is 6. The molecule has 1 aliphatic rings. The molecule has 2 N–H and O–H groups in total. The highest BCUT2D eigenvalue weighted by atomic mass is 16.1. The van der Waals surface area contributed by atoms with Gasteiger partial charge in [0.05, 0.1) is 0 Å². The lowest BCUT2D eigenvalue weighted by Crippen LogP contribution is -2.36. The molecule has 0 aliphatic carbocycles. The van der Waals surface area contributed by atoms with Gasteiger partial charge < -0.3 is 15.5 Å². The maximum Gasteiger partial charge on any atom is 0.217 e. The highest BCUT2D eigenvalue weighted by Crippen LogP contribution is 2.22. The first-order valence-corrected chi connectivity index (χ1v) is 7.37. The van der Waals surface area contributed by atoms with E-state index in [4.69, 9.17) is 0 Å². The molecule has 0 spiro atoms. The van der Waals surface area contributed by atoms with E-state index in [9.17, 15) is 4.79 Å². The third-order valence-corrected chi connectivity index (χ3v) is 3.50. The van der Waals surface area contributed by atoms with Crippen LogP contribution in [0.4, 0.5) is 5.82 Å². The lowest BCUT2D eigenvalue weighted by molar-refractivity contribution is -0.119. The van der Waals surface area contributed by atoms with Gasteiger partial charge in [-0.15, -0.1) is 0 Å². The largest absolute Gasteiger partial charge is 0.354 e. The number of carbonyl (C=O) groups is 1. The Kier molecular flexibility index (Phi) is 5.35. The summed E-state index contributed by atoms with van der Waals surface area (Å²) in [5.41, 5.74) is 1.23. The third kappa shape index (κ3) is 3.93. The van der Waals surface area contributed by atoms with Crippen molar-refractivity contribution in [3.8, 4) is 0 Å². The average molecular weight is 276 g/mol. The van der Waals surface area contributed by atoms with Gasteiger partial charge in [0.25, 0.3) is 0 Å². The van der Waals surface area contributed by atoms with Gasteiger partial charge in [-0.1, -0.05) is 13.0 Å². The van der Waals surface area contributed by atoms with Gasteiger partial charge in [0.15, 0.2) is 0 Å². The Morgan fingerprint density at radius 3 is 3.15 bits per heavy atom. The second kappa shape index (κ2) is 7.24. The number of nitrogens with one attached hydrogen (secondary N) is 2. The molecule has 5 nitrogen and oxygen atoms in total. The summed E-state index contributed by atoms with van der Waals surface area (Å²) in [5, 5.41) is 6.41. The van der Waals surface area contributed by atoms with Crippen molar-refractivity contribution in [2.24, 2.45) is 0 Å². The van der Waals surface area contributed by atoms with Crippen molar-refractivity contribution in [1.29, 1.82) is 0 Å². The maximum absolute atomic E-state index is 11.1. The van der Waals surface area contributed by atoms with E-state index < -0.39 is 0 Å². The molecule has 1 atom stereocenters. The molecule has 2 rings (SSSR count). The minimum Gasteiger partial charge on any atom is -0.354 e. The number of aromatic nitrogens is 1. The summed E-state index contributed by atoms with van der Waals surface area (Å²) >= 11 is 0. The van der Waals surface area contributed by atoms with E-state index in [1.807, 2.05) is 12.3 Å². The Hall–Kier alpha value is -1.62. The molecule has 1 fully saturated rings. The Morgan fingerprint density at radius 1 is 1.55 bits per heavy atom. The quantitative estimate of drug-likeness (QED) is 0.769. The van der Waals surface area contributed by atoms with Crippen LogP contribution in [-0.4, -0.2) is 36.6 Å². The number of anilines is 1. The van der Waals surface area contributed by atoms with Gasteiger partial charge in [0, 0.05) is 44.4 Å². The predicted octanol–water partition coefficient (Wildman–Crippen LogP) is 1.30. The maximum atomic E-state index is 11.1. The summed E-state index contributed by atoms with van der Waals surface area (Å²) in [7, 11) is 0. The van der Waals surface area contributed by atoms with Crippen LogP contribution in [0.25, 0.3) is 0 Å². The van der Waals surface area contributed by atoms with Crippen molar-refractivity contribution in [3.05, 3.63) is 23.9 Å². The van der Waals surface area contributed by atoms with Crippen LogP contribution in [0.1, 0.15) is 32.3 Å². The van der Waals surface area contributed by atoms with Crippen LogP contribution in [0.15, 0.2) is 18.3 Å². The summed E-state index contributed by atoms with van der Waals surface area (Å²) in [4.78, 5) is 17.9. The van der Waals surface area contributed by atoms with Gasteiger partial charge in [-0.2, -0.15) is 0 Å². The Labute approximate surface area is 120 Å². The van der Waals surface area contributed by atoms with Gasteiger partial charge >= 0.3 is 0 Å². The molecule has 20 heavy (non-hydrogen) atoms. The monoisotopic (exact) mass is 276 g/mol. The topological polar surface area (TPSA) is 57.3 Å². The summed E-state index contributed by atoms with van der Waals surface area (Å²) in [5.74, 6) is 1.09. The lowest BCUT2D eigenvalue weighted by atomic mass is 10.2. The molecule has 0 saturated carbocycles. The lowest BCUT2D eigenvalue weighted by Gasteiger charge is -2.21. The third-order valence-electron chi connectivity index (χ3n) is 3.50. The fraction of sp³-hybridized carbons (Fsp3) is 0.600. The fourth-order valence-electron chi connectivity index (χ4n) is 2.61. The van der Waals surface area contributed by atoms with Crippen molar-refractivity contribution < 1.29 is 4.79 Å². The zero-order valence-corrected chi connectivity index (χ0v) is 12.4. The van der Waals surface area contributed by atoms with E-state index >= 15 is 0 Å². The van der Waals surface area contributed by atoms with E-state index in [-0.39, 0.29) is 11.9 Å². The summed E-state index contributed by atoms with van der Waals surface area (Å²) in [6, 6.07) is 4.34. The number of carbonyl (C=O) groups excluding carboxylic acids is 1. The van der Waals surface area contributed by atoms with Gasteiger partial charge in [-0.3, -0.25) is 4.79 Å². The number of pyridine rings is 1. The fourth-order valence-corrected chi connectivity index (χ4v) is 2.61. The van der Waals surface area contributed by atoms with Crippen LogP contribution in [0.2, 0.25) is 0 Å². The standard InChI is InChI=1S/C15H24N4O/c1-3-7-16-10-13-5-4-8-17-15(13)19-9-6-14(11-19)18-12(2)20/h4-5,8,14,16H,3,6-7,9-11H2,1-2H3,(H,18,20). The van der Waals surface area contributed by atoms with Crippen molar-refractivity contribution in [2.75, 3.05) is 24.5 Å². The van der Waals surface area contributed by atoms with Crippen LogP contribution >= 0.6 is 0 Å². The number of hydrogen-bond donors (Lipinski definition) is 2. The van der Waals surface area contributed by atoms with Gasteiger partial charge in [0.2, 0.25) is 5.91 Å². The normalized spacial score (nSPS) is 18.3. The van der Waals surface area contributed by atoms with Crippen LogP contribution < -0.4 is 15.5 Å². The average Bonchev–Trinajstić information content (AvgIpc) is 2.87. The van der Waals surface area contributed by atoms with Crippen molar-refractivity contribution >= 4 is 11.7 Å². The zero-order valence-electron chi connectivity index (χ0n) is 12.4. The Balaban J connectivity index is 2.00. The molecule has 1 saturated heterocycles. The van der Waals surface area contributed by atoms with Crippen LogP contribution in [0.5, 0.6) is 0 Å². The van der Waals surface area contributed by atoms with E-state index in [0.29, 0.717) is 0 Å². The number of hydrogen-bond acceptors (Lipinski definition) is 4. The predicted molar refractivity (Wildman–Crippen MR) is 80.7 cm³/mol. The van der Waals surface area contributed by atoms with Crippen molar-refractivity contribution in [3.63, 3.8) is 0 Å². The molecule has 1 aliphatic heterocycles. The van der Waals surface area contributed by atoms with Crippen LogP contribution in [0, 0.1) is 0 Å². The molecule has 0 bridgehead atoms. The molecular weight excluding hydrogens is 252 g/mol. The second-order valence-electron chi connectivity index (χ2n) is 5.30. The number of nitrogens with zero attached hydrogens (tertiary/aromatic N) is 2. The Bertz CT molecular complexity index is 449. The zero-order chi connectivity index (χ0) is 14.4. The smallest absolute Gasteiger partial charge is 0.217 e. The molecule has 1 aromatic rings. The van der Waals surface area contributed by atoms with Crippen LogP contribution in [0.3, 0.4) is 0 Å². The first-order valence-electron chi connectivity index (χ1n) is 7.37. The number of amides is 1. The molecule has 0 radical (unpaired) electrons. The molecule has 1 unspecified atom stereocenters. The van der Waals surface area contributed by atoms with Crippen LogP contribution in [-0.2, 0) is 11.3 Å². The first kappa shape index (κ1) is 14.8. The molecular formula is C15H24N4O. The molecule has 1 aromatic heterocycles. The highest BCUT2D eigenvalue weighted by Gasteiger charge is 2.25. The van der Waals surface area contributed by atoms with Gasteiger partial charge in [-0.05, 0) is 25.5 Å². The van der Waals surface area contributed by atoms with E-state index in [1.165, 1.54) is 5.56 Å². The Morgan fingerprint density at radius 2 is 2.40 bits per heavy atom. The first-order chi connectivity index (χ1) is 9.70. The second-order valence-corrected chi connectivity index (χ2v) is 5.30. The summed E-state index contributed by atoms with van der Waals surface area (Å²) in [6.07, 6.45) is 3.95. The highest BCUT2D eigenvalue weighted by molar-refractivity contribution is 5.73. The van der Waals surface area contributed by atoms with Gasteiger partial charge in [-0.25, -0.2) is 4.98 Å². The van der Waals surface area contributed by atoms with Gasteiger partial charge in [0.1, 0.15) is 5.82 Å². The van der Waals surface area contributed by atoms with Crippen molar-refractivity contribution in [2.45, 2.75) is 39.3 Å². The molecule has 0 aromatic carbocycles. The summed E-state index contributed by atoms with van der Waals surface area (Å²) < 4.78 is 0. The molecule has 110 valence electrons. The molecule has 1 amide bonds. The minimum atomic E-state index is 0.0442. The van der Waals surface area contributed by atoms with E-state index in [1.54, 1.807) is 6.92 Å². The molecule has 2 heterocycles. The van der Waals surface area contributed by atoms with E-state index in [0.717, 1.165) is 44.8 Å². The summed E-state index contributed by atoms with van der Waals surface area (Å²) in [6.45, 7) is 7.39. The minimum absolute atomic E-state index is 0.0442. The van der Waals surface area contributed by atoms with Crippen molar-refractivity contribution in [1.82, 2.24) is 15.6 Å².